The molecule has 3 nitrogen and oxygen atoms in total. The number of nitrogens with zero attached hydrogens (tertiary/aromatic N) is 3. The highest BCUT2D eigenvalue weighted by atomic mass is 15.6. The molecular formula is C11H18N3+. The fourth-order valence-corrected chi connectivity index (χ4v) is 2.54. The Labute approximate surface area is 84.7 Å². The number of fused-ring (bicyclic) bond motifs is 2. The van der Waals surface area contributed by atoms with Gasteiger partial charge in [-0.3, -0.25) is 0 Å². The lowest BCUT2D eigenvalue weighted by atomic mass is 9.92. The van der Waals surface area contributed by atoms with Crippen molar-refractivity contribution < 1.29 is 4.68 Å². The van der Waals surface area contributed by atoms with Crippen LogP contribution in [0.1, 0.15) is 45.7 Å². The zero-order valence-electron chi connectivity index (χ0n) is 9.25. The molecule has 0 atom stereocenters. The Balaban J connectivity index is 2.16. The molecule has 0 N–H and O–H groups in total. The quantitative estimate of drug-likeness (QED) is 0.569. The first-order chi connectivity index (χ1) is 6.53. The van der Waals surface area contributed by atoms with Gasteiger partial charge >= 0.3 is 0 Å². The van der Waals surface area contributed by atoms with E-state index >= 15 is 0 Å². The second-order valence-electron chi connectivity index (χ2n) is 5.76. The highest BCUT2D eigenvalue weighted by Crippen LogP contribution is 2.45. The van der Waals surface area contributed by atoms with E-state index in [-0.39, 0.29) is 5.41 Å². The minimum absolute atomic E-state index is 0.220. The van der Waals surface area contributed by atoms with Crippen LogP contribution in [0.4, 0.5) is 0 Å². The van der Waals surface area contributed by atoms with Crippen LogP contribution in [0.15, 0.2) is 6.20 Å². The van der Waals surface area contributed by atoms with E-state index in [1.165, 1.54) is 25.0 Å². The lowest BCUT2D eigenvalue weighted by Crippen LogP contribution is -2.53. The van der Waals surface area contributed by atoms with Gasteiger partial charge in [-0.2, -0.15) is 4.68 Å². The molecule has 14 heavy (non-hydrogen) atoms. The van der Waals surface area contributed by atoms with Crippen molar-refractivity contribution in [3.05, 3.63) is 11.9 Å². The van der Waals surface area contributed by atoms with E-state index in [1.54, 1.807) is 0 Å². The van der Waals surface area contributed by atoms with Crippen molar-refractivity contribution in [1.29, 1.82) is 0 Å². The van der Waals surface area contributed by atoms with Crippen molar-refractivity contribution in [3.8, 4) is 0 Å². The molecule has 1 saturated carbocycles. The van der Waals surface area contributed by atoms with Gasteiger partial charge in [0, 0.05) is 16.9 Å². The highest BCUT2D eigenvalue weighted by Gasteiger charge is 2.57. The van der Waals surface area contributed by atoms with Crippen LogP contribution in [-0.2, 0) is 17.5 Å². The fraction of sp³-hybridized carbons (Fsp3) is 0.818. The molecule has 1 aromatic heterocycles. The summed E-state index contributed by atoms with van der Waals surface area (Å²) in [6.07, 6.45) is 6.06. The normalized spacial score (nSPS) is 22.8. The summed E-state index contributed by atoms with van der Waals surface area (Å²) >= 11 is 0. The summed E-state index contributed by atoms with van der Waals surface area (Å²) in [5.74, 6) is 0. The van der Waals surface area contributed by atoms with Gasteiger partial charge < -0.3 is 0 Å². The van der Waals surface area contributed by atoms with Crippen LogP contribution >= 0.6 is 0 Å². The van der Waals surface area contributed by atoms with E-state index in [4.69, 9.17) is 0 Å². The summed E-state index contributed by atoms with van der Waals surface area (Å²) < 4.78 is 2.47. The number of aromatic nitrogens is 3. The zero-order valence-corrected chi connectivity index (χ0v) is 9.25. The number of rotatable bonds is 0. The second-order valence-corrected chi connectivity index (χ2v) is 5.76. The molecule has 3 heteroatoms. The second kappa shape index (κ2) is 2.20. The molecule has 1 spiro atoms. The minimum Gasteiger partial charge on any atom is -0.151 e. The molecule has 0 unspecified atom stereocenters. The van der Waals surface area contributed by atoms with Gasteiger partial charge in [-0.1, -0.05) is 20.8 Å². The molecule has 0 saturated heterocycles. The number of aryl methyl sites for hydroxylation is 1. The predicted octanol–water partition coefficient (Wildman–Crippen LogP) is 1.36. The van der Waals surface area contributed by atoms with E-state index in [9.17, 15) is 0 Å². The van der Waals surface area contributed by atoms with Crippen molar-refractivity contribution in [2.75, 3.05) is 0 Å². The first-order valence-corrected chi connectivity index (χ1v) is 5.52. The van der Waals surface area contributed by atoms with Crippen molar-refractivity contribution in [2.24, 2.45) is 0 Å². The van der Waals surface area contributed by atoms with Crippen molar-refractivity contribution in [1.82, 2.24) is 9.90 Å². The van der Waals surface area contributed by atoms with Gasteiger partial charge in [-0.15, -0.1) is 0 Å². The molecule has 1 aromatic rings. The van der Waals surface area contributed by atoms with E-state index in [2.05, 4.69) is 41.5 Å². The van der Waals surface area contributed by atoms with Crippen LogP contribution in [0.25, 0.3) is 0 Å². The first-order valence-electron chi connectivity index (χ1n) is 5.52. The smallest absolute Gasteiger partial charge is 0.151 e. The van der Waals surface area contributed by atoms with Crippen molar-refractivity contribution in [3.63, 3.8) is 0 Å². The van der Waals surface area contributed by atoms with Gasteiger partial charge in [-0.05, 0) is 17.6 Å². The largest absolute Gasteiger partial charge is 0.210 e. The van der Waals surface area contributed by atoms with Crippen molar-refractivity contribution in [2.45, 2.75) is 57.5 Å². The Morgan fingerprint density at radius 2 is 2.07 bits per heavy atom. The molecule has 1 fully saturated rings. The molecule has 1 aliphatic carbocycles. The molecule has 1 aliphatic heterocycles. The highest BCUT2D eigenvalue weighted by molar-refractivity contribution is 5.04. The van der Waals surface area contributed by atoms with Crippen LogP contribution in [0.3, 0.4) is 0 Å². The van der Waals surface area contributed by atoms with Gasteiger partial charge in [0.1, 0.15) is 12.1 Å². The molecular weight excluding hydrogens is 174 g/mol. The fourth-order valence-electron chi connectivity index (χ4n) is 2.54. The summed E-state index contributed by atoms with van der Waals surface area (Å²) in [7, 11) is 0. The average molecular weight is 192 g/mol. The third kappa shape index (κ3) is 0.928. The number of hydrogen-bond acceptors (Lipinski definition) is 1. The molecule has 2 aliphatic rings. The van der Waals surface area contributed by atoms with Gasteiger partial charge in [0.15, 0.2) is 5.69 Å². The monoisotopic (exact) mass is 192 g/mol. The summed E-state index contributed by atoms with van der Waals surface area (Å²) in [4.78, 5) is 2.16. The Hall–Kier alpha value is -0.860. The third-order valence-corrected chi connectivity index (χ3v) is 3.59. The Morgan fingerprint density at radius 3 is 2.64 bits per heavy atom. The summed E-state index contributed by atoms with van der Waals surface area (Å²) in [6, 6.07) is 0. The van der Waals surface area contributed by atoms with E-state index in [0.29, 0.717) is 5.54 Å². The van der Waals surface area contributed by atoms with Gasteiger partial charge in [0.05, 0.1) is 0 Å². The lowest BCUT2D eigenvalue weighted by Gasteiger charge is -2.16. The molecule has 0 amide bonds. The van der Waals surface area contributed by atoms with Crippen LogP contribution in [-0.4, -0.2) is 9.90 Å². The van der Waals surface area contributed by atoms with Crippen LogP contribution in [0.5, 0.6) is 0 Å². The predicted molar refractivity (Wildman–Crippen MR) is 52.9 cm³/mol. The number of hydrogen-bond donors (Lipinski definition) is 0. The van der Waals surface area contributed by atoms with Crippen LogP contribution < -0.4 is 4.68 Å². The van der Waals surface area contributed by atoms with Crippen LogP contribution in [0.2, 0.25) is 0 Å². The topological polar surface area (TPSA) is 21.7 Å². The maximum Gasteiger partial charge on any atom is 0.210 e. The molecule has 2 heterocycles. The molecule has 0 bridgehead atoms. The molecule has 76 valence electrons. The van der Waals surface area contributed by atoms with E-state index in [1.807, 2.05) is 0 Å². The SMILES string of the molecule is CC(C)(C)c1cnn2[n+]1C1(CC2)CC1. The van der Waals surface area contributed by atoms with E-state index < -0.39 is 0 Å². The summed E-state index contributed by atoms with van der Waals surface area (Å²) in [6.45, 7) is 7.92. The Morgan fingerprint density at radius 1 is 1.36 bits per heavy atom. The van der Waals surface area contributed by atoms with Gasteiger partial charge in [0.25, 0.3) is 0 Å². The average Bonchev–Trinajstić information content (AvgIpc) is 2.55. The maximum absolute atomic E-state index is 4.48. The standard InChI is InChI=1S/C11H18N3/c1-10(2,3)9-8-12-13-7-6-11(4-5-11)14(9)13/h8H,4-7H2,1-3H3/q+1. The molecule has 3 rings (SSSR count). The molecule has 0 radical (unpaired) electrons. The van der Waals surface area contributed by atoms with E-state index in [0.717, 1.165) is 6.54 Å². The van der Waals surface area contributed by atoms with Crippen molar-refractivity contribution >= 4 is 0 Å². The summed E-state index contributed by atoms with van der Waals surface area (Å²) in [5.41, 5.74) is 2.09. The van der Waals surface area contributed by atoms with Gasteiger partial charge in [0.2, 0.25) is 6.20 Å². The van der Waals surface area contributed by atoms with Gasteiger partial charge in [-0.25, -0.2) is 0 Å². The maximum atomic E-state index is 4.48. The summed E-state index contributed by atoms with van der Waals surface area (Å²) in [5, 5.41) is 4.48. The Bertz CT molecular complexity index is 380. The third-order valence-electron chi connectivity index (χ3n) is 3.59. The Kier molecular flexibility index (Phi) is 1.33. The minimum atomic E-state index is 0.220. The first kappa shape index (κ1) is 8.45. The molecule has 0 aromatic carbocycles. The zero-order chi connectivity index (χ0) is 9.97. The van der Waals surface area contributed by atoms with Crippen LogP contribution in [0, 0.1) is 0 Å². The lowest BCUT2D eigenvalue weighted by molar-refractivity contribution is -0.806.